The highest BCUT2D eigenvalue weighted by Gasteiger charge is 2.18. The highest BCUT2D eigenvalue weighted by atomic mass is 35.5. The Bertz CT molecular complexity index is 508. The molecule has 2 rings (SSSR count). The second-order valence-electron chi connectivity index (χ2n) is 5.69. The summed E-state index contributed by atoms with van der Waals surface area (Å²) in [6.45, 7) is 3.62. The number of halogens is 1. The Morgan fingerprint density at radius 1 is 1.09 bits per heavy atom. The van der Waals surface area contributed by atoms with E-state index in [4.69, 9.17) is 11.6 Å². The van der Waals surface area contributed by atoms with E-state index >= 15 is 0 Å². The lowest BCUT2D eigenvalue weighted by Gasteiger charge is -2.24. The number of hydrogen-bond acceptors (Lipinski definition) is 2. The first-order valence-corrected chi connectivity index (χ1v) is 8.27. The molecule has 0 aromatic heterocycles. The molecule has 0 aliphatic carbocycles. The van der Waals surface area contributed by atoms with Crippen molar-refractivity contribution in [3.63, 3.8) is 0 Å². The molecule has 120 valence electrons. The molecular formula is C17H23ClN2O2. The van der Waals surface area contributed by atoms with E-state index in [1.807, 2.05) is 4.90 Å². The Hall–Kier alpha value is -1.55. The van der Waals surface area contributed by atoms with Gasteiger partial charge in [0.2, 0.25) is 11.8 Å². The fourth-order valence-corrected chi connectivity index (χ4v) is 2.90. The lowest BCUT2D eigenvalue weighted by atomic mass is 10.2. The Morgan fingerprint density at radius 2 is 1.68 bits per heavy atom. The fourth-order valence-electron chi connectivity index (χ4n) is 2.78. The normalized spacial score (nSPS) is 15.3. The molecule has 0 spiro atoms. The summed E-state index contributed by atoms with van der Waals surface area (Å²) in [4.78, 5) is 27.7. The van der Waals surface area contributed by atoms with Crippen molar-refractivity contribution in [2.75, 3.05) is 24.5 Å². The van der Waals surface area contributed by atoms with Crippen molar-refractivity contribution in [2.45, 2.75) is 39.0 Å². The number of rotatable bonds is 4. The second kappa shape index (κ2) is 8.18. The first-order chi connectivity index (χ1) is 10.6. The molecule has 1 saturated heterocycles. The van der Waals surface area contributed by atoms with Crippen molar-refractivity contribution >= 4 is 29.1 Å². The zero-order valence-corrected chi connectivity index (χ0v) is 13.8. The second-order valence-corrected chi connectivity index (χ2v) is 6.13. The quantitative estimate of drug-likeness (QED) is 0.851. The van der Waals surface area contributed by atoms with Crippen LogP contribution in [0.2, 0.25) is 5.02 Å². The molecule has 0 N–H and O–H groups in total. The van der Waals surface area contributed by atoms with Gasteiger partial charge in [-0.1, -0.05) is 24.4 Å². The maximum Gasteiger partial charge on any atom is 0.224 e. The fraction of sp³-hybridized carbons (Fsp3) is 0.529. The summed E-state index contributed by atoms with van der Waals surface area (Å²) in [5.41, 5.74) is 0.778. The Morgan fingerprint density at radius 3 is 2.23 bits per heavy atom. The third-order valence-corrected chi connectivity index (χ3v) is 4.28. The van der Waals surface area contributed by atoms with Gasteiger partial charge in [-0.3, -0.25) is 9.59 Å². The minimum absolute atomic E-state index is 0.0639. The maximum absolute atomic E-state index is 12.3. The van der Waals surface area contributed by atoms with E-state index in [1.165, 1.54) is 19.8 Å². The minimum atomic E-state index is -0.0639. The largest absolute Gasteiger partial charge is 0.343 e. The number of amides is 2. The number of hydrogen-bond donors (Lipinski definition) is 0. The van der Waals surface area contributed by atoms with E-state index in [1.54, 1.807) is 29.2 Å². The SMILES string of the molecule is CC(=O)N(CCC(=O)N1CCCCCC1)c1ccc(Cl)cc1. The van der Waals surface area contributed by atoms with Crippen LogP contribution in [0.4, 0.5) is 5.69 Å². The van der Waals surface area contributed by atoms with Gasteiger partial charge in [0.25, 0.3) is 0 Å². The maximum atomic E-state index is 12.3. The van der Waals surface area contributed by atoms with Crippen LogP contribution in [0.5, 0.6) is 0 Å². The van der Waals surface area contributed by atoms with E-state index in [0.717, 1.165) is 31.6 Å². The lowest BCUT2D eigenvalue weighted by molar-refractivity contribution is -0.131. The van der Waals surface area contributed by atoms with Crippen LogP contribution >= 0.6 is 11.6 Å². The van der Waals surface area contributed by atoms with Crippen LogP contribution in [-0.4, -0.2) is 36.3 Å². The van der Waals surface area contributed by atoms with E-state index in [-0.39, 0.29) is 11.8 Å². The monoisotopic (exact) mass is 322 g/mol. The molecule has 0 radical (unpaired) electrons. The first-order valence-electron chi connectivity index (χ1n) is 7.89. The lowest BCUT2D eigenvalue weighted by Crippen LogP contribution is -2.36. The Kier molecular flexibility index (Phi) is 6.25. The van der Waals surface area contributed by atoms with E-state index in [2.05, 4.69) is 0 Å². The Balaban J connectivity index is 1.95. The van der Waals surface area contributed by atoms with Crippen LogP contribution in [-0.2, 0) is 9.59 Å². The van der Waals surface area contributed by atoms with Gasteiger partial charge in [-0.05, 0) is 37.1 Å². The highest BCUT2D eigenvalue weighted by molar-refractivity contribution is 6.30. The molecule has 1 aromatic carbocycles. The molecule has 1 aliphatic heterocycles. The molecule has 1 aliphatic rings. The smallest absolute Gasteiger partial charge is 0.224 e. The van der Waals surface area contributed by atoms with Gasteiger partial charge in [0.05, 0.1) is 0 Å². The zero-order chi connectivity index (χ0) is 15.9. The number of benzene rings is 1. The van der Waals surface area contributed by atoms with Gasteiger partial charge in [-0.15, -0.1) is 0 Å². The topological polar surface area (TPSA) is 40.6 Å². The summed E-state index contributed by atoms with van der Waals surface area (Å²) in [7, 11) is 0. The van der Waals surface area contributed by atoms with Crippen LogP contribution in [0, 0.1) is 0 Å². The third-order valence-electron chi connectivity index (χ3n) is 4.03. The minimum Gasteiger partial charge on any atom is -0.343 e. The molecule has 0 atom stereocenters. The van der Waals surface area contributed by atoms with Gasteiger partial charge in [-0.2, -0.15) is 0 Å². The van der Waals surface area contributed by atoms with E-state index in [0.29, 0.717) is 18.0 Å². The van der Waals surface area contributed by atoms with Crippen molar-refractivity contribution in [1.29, 1.82) is 0 Å². The molecule has 2 amide bonds. The molecule has 0 unspecified atom stereocenters. The molecular weight excluding hydrogens is 300 g/mol. The van der Waals surface area contributed by atoms with Crippen molar-refractivity contribution in [3.8, 4) is 0 Å². The molecule has 5 heteroatoms. The summed E-state index contributed by atoms with van der Waals surface area (Å²) >= 11 is 5.88. The third kappa shape index (κ3) is 4.73. The summed E-state index contributed by atoms with van der Waals surface area (Å²) in [5.74, 6) is 0.0769. The number of anilines is 1. The molecule has 1 heterocycles. The predicted octanol–water partition coefficient (Wildman–Crippen LogP) is 3.49. The van der Waals surface area contributed by atoms with E-state index in [9.17, 15) is 9.59 Å². The summed E-state index contributed by atoms with van der Waals surface area (Å²) in [6.07, 6.45) is 4.93. The average Bonchev–Trinajstić information content (AvgIpc) is 2.78. The number of carbonyl (C=O) groups is 2. The van der Waals surface area contributed by atoms with Crippen LogP contribution < -0.4 is 4.90 Å². The van der Waals surface area contributed by atoms with Crippen LogP contribution in [0.25, 0.3) is 0 Å². The molecule has 4 nitrogen and oxygen atoms in total. The van der Waals surface area contributed by atoms with Gasteiger partial charge in [0, 0.05) is 43.7 Å². The average molecular weight is 323 g/mol. The summed E-state index contributed by atoms with van der Waals surface area (Å²) < 4.78 is 0. The molecule has 22 heavy (non-hydrogen) atoms. The zero-order valence-electron chi connectivity index (χ0n) is 13.1. The van der Waals surface area contributed by atoms with Crippen LogP contribution in [0.3, 0.4) is 0 Å². The van der Waals surface area contributed by atoms with Gasteiger partial charge < -0.3 is 9.80 Å². The number of nitrogens with zero attached hydrogens (tertiary/aromatic N) is 2. The molecule has 0 bridgehead atoms. The Labute approximate surface area is 137 Å². The van der Waals surface area contributed by atoms with Gasteiger partial charge in [0.1, 0.15) is 0 Å². The van der Waals surface area contributed by atoms with Crippen molar-refractivity contribution in [2.24, 2.45) is 0 Å². The van der Waals surface area contributed by atoms with Crippen molar-refractivity contribution < 1.29 is 9.59 Å². The van der Waals surface area contributed by atoms with Gasteiger partial charge in [0.15, 0.2) is 0 Å². The molecule has 1 aromatic rings. The van der Waals surface area contributed by atoms with Crippen LogP contribution in [0.1, 0.15) is 39.0 Å². The van der Waals surface area contributed by atoms with Crippen LogP contribution in [0.15, 0.2) is 24.3 Å². The summed E-state index contributed by atoms with van der Waals surface area (Å²) in [5, 5.41) is 0.632. The van der Waals surface area contributed by atoms with Crippen molar-refractivity contribution in [1.82, 2.24) is 4.90 Å². The highest BCUT2D eigenvalue weighted by Crippen LogP contribution is 2.19. The number of likely N-dealkylation sites (tertiary alicyclic amines) is 1. The predicted molar refractivity (Wildman–Crippen MR) is 89.1 cm³/mol. The summed E-state index contributed by atoms with van der Waals surface area (Å²) in [6, 6.07) is 7.12. The van der Waals surface area contributed by atoms with Gasteiger partial charge >= 0.3 is 0 Å². The molecule has 1 fully saturated rings. The molecule has 0 saturated carbocycles. The van der Waals surface area contributed by atoms with Gasteiger partial charge in [-0.25, -0.2) is 0 Å². The van der Waals surface area contributed by atoms with E-state index < -0.39 is 0 Å². The first kappa shape index (κ1) is 16.8. The van der Waals surface area contributed by atoms with Crippen molar-refractivity contribution in [3.05, 3.63) is 29.3 Å². The standard InChI is InChI=1S/C17H23ClN2O2/c1-14(21)20(16-8-6-15(18)7-9-16)13-10-17(22)19-11-4-2-3-5-12-19/h6-9H,2-5,10-13H2,1H3. The number of carbonyl (C=O) groups excluding carboxylic acids is 2.